The van der Waals surface area contributed by atoms with E-state index in [2.05, 4.69) is 26.3 Å². The van der Waals surface area contributed by atoms with Crippen LogP contribution in [0.2, 0.25) is 0 Å². The summed E-state index contributed by atoms with van der Waals surface area (Å²) in [5, 5.41) is 12.8. The highest BCUT2D eigenvalue weighted by Crippen LogP contribution is 2.29. The molecule has 2 N–H and O–H groups in total. The summed E-state index contributed by atoms with van der Waals surface area (Å²) < 4.78 is 0. The molecule has 1 amide bonds. The summed E-state index contributed by atoms with van der Waals surface area (Å²) in [7, 11) is 0. The lowest BCUT2D eigenvalue weighted by Gasteiger charge is -2.27. The molecular formula is C26H24N6O2. The number of aliphatic imine (C=N–C) groups is 1. The molecule has 0 saturated carbocycles. The molecule has 1 fully saturated rings. The Kier molecular flexibility index (Phi) is 5.56. The fourth-order valence-corrected chi connectivity index (χ4v) is 4.56. The zero-order valence-corrected chi connectivity index (χ0v) is 19.1. The van der Waals surface area contributed by atoms with Gasteiger partial charge in [0.2, 0.25) is 5.78 Å². The van der Waals surface area contributed by atoms with Crippen LogP contribution >= 0.6 is 0 Å². The number of carbonyl (C=O) groups excluding carboxylic acids is 2. The van der Waals surface area contributed by atoms with Crippen molar-refractivity contribution in [1.82, 2.24) is 20.2 Å². The minimum Gasteiger partial charge on any atom is -0.336 e. The van der Waals surface area contributed by atoms with Crippen molar-refractivity contribution in [2.24, 2.45) is 4.99 Å². The molecule has 170 valence electrons. The lowest BCUT2D eigenvalue weighted by atomic mass is 9.92. The largest absolute Gasteiger partial charge is 0.336 e. The van der Waals surface area contributed by atoms with E-state index in [0.717, 1.165) is 29.9 Å². The third-order valence-electron chi connectivity index (χ3n) is 6.36. The van der Waals surface area contributed by atoms with Gasteiger partial charge in [0.15, 0.2) is 5.82 Å². The Hall–Kier alpha value is -4.09. The van der Waals surface area contributed by atoms with Crippen molar-refractivity contribution in [3.63, 3.8) is 0 Å². The molecule has 3 heterocycles. The Morgan fingerprint density at radius 2 is 1.82 bits per heavy atom. The molecule has 1 saturated heterocycles. The van der Waals surface area contributed by atoms with Crippen molar-refractivity contribution in [3.05, 3.63) is 70.0 Å². The summed E-state index contributed by atoms with van der Waals surface area (Å²) in [4.78, 5) is 40.0. The zero-order chi connectivity index (χ0) is 23.8. The van der Waals surface area contributed by atoms with E-state index in [0.29, 0.717) is 52.9 Å². The first kappa shape index (κ1) is 21.7. The Morgan fingerprint density at radius 3 is 2.53 bits per heavy atom. The Balaban J connectivity index is 1.47. The van der Waals surface area contributed by atoms with Gasteiger partial charge in [-0.3, -0.25) is 14.6 Å². The SMILES string of the molecule is CC1=NCC(C)=C1c1cc(C(=O)c2nc3ccc(C(=O)N4CCNCC4)cc3[nH]2)ccc1C#N. The van der Waals surface area contributed by atoms with Crippen LogP contribution in [0.3, 0.4) is 0 Å². The van der Waals surface area contributed by atoms with Gasteiger partial charge in [-0.1, -0.05) is 0 Å². The van der Waals surface area contributed by atoms with Crippen LogP contribution in [-0.2, 0) is 0 Å². The van der Waals surface area contributed by atoms with E-state index in [1.54, 1.807) is 36.4 Å². The van der Waals surface area contributed by atoms with Crippen LogP contribution in [0.1, 0.15) is 51.5 Å². The molecule has 0 aliphatic carbocycles. The van der Waals surface area contributed by atoms with E-state index in [1.807, 2.05) is 18.7 Å². The number of rotatable bonds is 4. The van der Waals surface area contributed by atoms with Gasteiger partial charge in [0.25, 0.3) is 5.91 Å². The maximum atomic E-state index is 13.3. The van der Waals surface area contributed by atoms with Crippen LogP contribution in [-0.4, -0.2) is 65.0 Å². The molecule has 2 aliphatic heterocycles. The van der Waals surface area contributed by atoms with Crippen LogP contribution in [0.15, 0.2) is 47.0 Å². The number of hydrogen-bond donors (Lipinski definition) is 2. The second-order valence-corrected chi connectivity index (χ2v) is 8.62. The molecule has 5 rings (SSSR count). The number of ketones is 1. The molecule has 0 atom stereocenters. The van der Waals surface area contributed by atoms with Gasteiger partial charge >= 0.3 is 0 Å². The van der Waals surface area contributed by atoms with Crippen molar-refractivity contribution in [3.8, 4) is 6.07 Å². The van der Waals surface area contributed by atoms with Gasteiger partial charge in [-0.2, -0.15) is 5.26 Å². The molecule has 1 aromatic heterocycles. The number of piperazine rings is 1. The smallest absolute Gasteiger partial charge is 0.254 e. The molecule has 0 spiro atoms. The predicted molar refractivity (Wildman–Crippen MR) is 130 cm³/mol. The van der Waals surface area contributed by atoms with Crippen molar-refractivity contribution in [1.29, 1.82) is 5.26 Å². The second-order valence-electron chi connectivity index (χ2n) is 8.62. The van der Waals surface area contributed by atoms with Crippen molar-refractivity contribution in [2.45, 2.75) is 13.8 Å². The van der Waals surface area contributed by atoms with Crippen LogP contribution < -0.4 is 5.32 Å². The molecular weight excluding hydrogens is 428 g/mol. The van der Waals surface area contributed by atoms with E-state index in [-0.39, 0.29) is 17.5 Å². The van der Waals surface area contributed by atoms with Gasteiger partial charge in [-0.25, -0.2) is 4.98 Å². The highest BCUT2D eigenvalue weighted by Gasteiger charge is 2.22. The number of nitrogens with zero attached hydrogens (tertiary/aromatic N) is 4. The van der Waals surface area contributed by atoms with E-state index in [9.17, 15) is 14.9 Å². The highest BCUT2D eigenvalue weighted by atomic mass is 16.2. The lowest BCUT2D eigenvalue weighted by molar-refractivity contribution is 0.0736. The van der Waals surface area contributed by atoms with E-state index in [1.165, 1.54) is 0 Å². The number of aromatic nitrogens is 2. The van der Waals surface area contributed by atoms with Crippen LogP contribution in [0.5, 0.6) is 0 Å². The van der Waals surface area contributed by atoms with Gasteiger partial charge in [0.1, 0.15) is 0 Å². The Morgan fingerprint density at radius 1 is 1.06 bits per heavy atom. The van der Waals surface area contributed by atoms with Crippen molar-refractivity contribution < 1.29 is 9.59 Å². The van der Waals surface area contributed by atoms with Gasteiger partial charge in [-0.05, 0) is 55.8 Å². The third kappa shape index (κ3) is 3.80. The molecule has 8 heteroatoms. The molecule has 34 heavy (non-hydrogen) atoms. The second kappa shape index (κ2) is 8.69. The molecule has 0 radical (unpaired) electrons. The fraction of sp³-hybridized carbons (Fsp3) is 0.269. The normalized spacial score (nSPS) is 16.0. The summed E-state index contributed by atoms with van der Waals surface area (Å²) in [5.74, 6) is -0.109. The number of allylic oxidation sites excluding steroid dienone is 1. The Labute approximate surface area is 197 Å². The van der Waals surface area contributed by atoms with Crippen molar-refractivity contribution >= 4 is 34.0 Å². The van der Waals surface area contributed by atoms with E-state index >= 15 is 0 Å². The number of amides is 1. The zero-order valence-electron chi connectivity index (χ0n) is 19.1. The number of fused-ring (bicyclic) bond motifs is 1. The number of nitrogens with one attached hydrogen (secondary N) is 2. The summed E-state index contributed by atoms with van der Waals surface area (Å²) in [6, 6.07) is 12.5. The average molecular weight is 453 g/mol. The van der Waals surface area contributed by atoms with Gasteiger partial charge in [0.05, 0.1) is 29.2 Å². The van der Waals surface area contributed by atoms with Crippen molar-refractivity contribution in [2.75, 3.05) is 32.7 Å². The minimum atomic E-state index is -0.275. The summed E-state index contributed by atoms with van der Waals surface area (Å²) in [6.45, 7) is 7.41. The number of aromatic amines is 1. The molecule has 0 bridgehead atoms. The molecule has 2 aliphatic rings. The quantitative estimate of drug-likeness (QED) is 0.591. The first-order valence-corrected chi connectivity index (χ1v) is 11.3. The molecule has 8 nitrogen and oxygen atoms in total. The Bertz CT molecular complexity index is 1430. The first-order chi connectivity index (χ1) is 16.5. The number of carbonyl (C=O) groups is 2. The number of hydrogen-bond acceptors (Lipinski definition) is 6. The number of nitriles is 1. The maximum absolute atomic E-state index is 13.3. The van der Waals surface area contributed by atoms with Gasteiger partial charge in [-0.15, -0.1) is 0 Å². The highest BCUT2D eigenvalue weighted by molar-refractivity contribution is 6.26. The predicted octanol–water partition coefficient (Wildman–Crippen LogP) is 2.96. The fourth-order valence-electron chi connectivity index (χ4n) is 4.56. The lowest BCUT2D eigenvalue weighted by Crippen LogP contribution is -2.46. The standard InChI is InChI=1S/C26H24N6O2/c1-15-14-29-16(2)23(15)20-11-17(3-4-19(20)13-27)24(33)25-30-21-6-5-18(12-22(21)31-25)26(34)32-9-7-28-8-10-32/h3-6,11-12,28H,7-10,14H2,1-2H3,(H,30,31). The van der Waals surface area contributed by atoms with E-state index in [4.69, 9.17) is 0 Å². The monoisotopic (exact) mass is 452 g/mol. The third-order valence-corrected chi connectivity index (χ3v) is 6.36. The van der Waals surface area contributed by atoms with Crippen LogP contribution in [0, 0.1) is 11.3 Å². The van der Waals surface area contributed by atoms with E-state index < -0.39 is 0 Å². The molecule has 3 aromatic rings. The first-order valence-electron chi connectivity index (χ1n) is 11.3. The number of imidazole rings is 1. The van der Waals surface area contributed by atoms with Crippen LogP contribution in [0.4, 0.5) is 0 Å². The number of benzene rings is 2. The summed E-state index contributed by atoms with van der Waals surface area (Å²) >= 11 is 0. The molecule has 0 unspecified atom stereocenters. The van der Waals surface area contributed by atoms with Gasteiger partial charge in [0, 0.05) is 54.2 Å². The topological polar surface area (TPSA) is 114 Å². The molecule has 2 aromatic carbocycles. The average Bonchev–Trinajstić information content (AvgIpc) is 3.45. The summed E-state index contributed by atoms with van der Waals surface area (Å²) in [5.41, 5.74) is 6.33. The van der Waals surface area contributed by atoms with Gasteiger partial charge < -0.3 is 15.2 Å². The van der Waals surface area contributed by atoms with Crippen LogP contribution in [0.25, 0.3) is 16.6 Å². The summed E-state index contributed by atoms with van der Waals surface area (Å²) in [6.07, 6.45) is 0. The minimum absolute atomic E-state index is 0.0279. The maximum Gasteiger partial charge on any atom is 0.254 e. The number of H-pyrrole nitrogens is 1.